The van der Waals surface area contributed by atoms with Crippen LogP contribution in [-0.4, -0.2) is 21.3 Å². The predicted octanol–water partition coefficient (Wildman–Crippen LogP) is 5.99. The van der Waals surface area contributed by atoms with E-state index in [2.05, 4.69) is 6.58 Å². The molecule has 0 saturated carbocycles. The topological polar surface area (TPSA) is 77.8 Å². The normalized spacial score (nSPS) is 18.7. The van der Waals surface area contributed by atoms with Crippen molar-refractivity contribution >= 4 is 5.97 Å². The number of carboxylic acids is 1. The molecule has 0 aliphatic heterocycles. The molecule has 158 valence electrons. The summed E-state index contributed by atoms with van der Waals surface area (Å²) in [6, 6.07) is 11.5. The van der Waals surface area contributed by atoms with Gasteiger partial charge in [0.1, 0.15) is 17.1 Å². The molecule has 3 rings (SSSR count). The van der Waals surface area contributed by atoms with Gasteiger partial charge in [0.2, 0.25) is 0 Å². The predicted molar refractivity (Wildman–Crippen MR) is 119 cm³/mol. The highest BCUT2D eigenvalue weighted by molar-refractivity contribution is 5.94. The summed E-state index contributed by atoms with van der Waals surface area (Å²) in [5, 5.41) is 31.6. The monoisotopic (exact) mass is 406 g/mol. The van der Waals surface area contributed by atoms with Gasteiger partial charge in [-0.25, -0.2) is 4.79 Å². The standard InChI is InChI=1S/C26H30O4/c1-16(2)20-13-12-17(3)14-21(20)24-22(27)15-19(23(25(24)28)26(29)30)11-7-10-18-8-5-4-6-9-18/h4-6,8-9,14-15,20-21,27-28H,1,7,10-13H2,2-3H3,(H,29,30)/t20-,21+/m0/s1. The molecule has 0 saturated heterocycles. The first-order chi connectivity index (χ1) is 14.3. The Kier molecular flexibility index (Phi) is 6.66. The number of rotatable bonds is 7. The Morgan fingerprint density at radius 3 is 2.50 bits per heavy atom. The summed E-state index contributed by atoms with van der Waals surface area (Å²) in [5.41, 5.74) is 3.96. The minimum Gasteiger partial charge on any atom is -0.507 e. The van der Waals surface area contributed by atoms with Gasteiger partial charge in [-0.05, 0) is 69.1 Å². The van der Waals surface area contributed by atoms with Crippen LogP contribution >= 0.6 is 0 Å². The van der Waals surface area contributed by atoms with Crippen LogP contribution in [0.25, 0.3) is 0 Å². The molecular weight excluding hydrogens is 376 g/mol. The zero-order valence-electron chi connectivity index (χ0n) is 17.7. The Bertz CT molecular complexity index is 972. The van der Waals surface area contributed by atoms with Crippen LogP contribution in [0.15, 0.2) is 60.2 Å². The molecule has 3 N–H and O–H groups in total. The van der Waals surface area contributed by atoms with Gasteiger partial charge in [0.15, 0.2) is 0 Å². The molecule has 2 aromatic rings. The Hall–Kier alpha value is -3.01. The number of aromatic hydroxyl groups is 2. The molecule has 2 atom stereocenters. The maximum atomic E-state index is 12.0. The van der Waals surface area contributed by atoms with E-state index < -0.39 is 5.97 Å². The van der Waals surface area contributed by atoms with Crippen molar-refractivity contribution in [2.75, 3.05) is 0 Å². The molecule has 0 fully saturated rings. The van der Waals surface area contributed by atoms with E-state index in [1.54, 1.807) is 0 Å². The number of phenols is 2. The molecule has 0 heterocycles. The van der Waals surface area contributed by atoms with Gasteiger partial charge in [-0.3, -0.25) is 0 Å². The first-order valence-corrected chi connectivity index (χ1v) is 10.5. The largest absolute Gasteiger partial charge is 0.507 e. The van der Waals surface area contributed by atoms with E-state index in [0.29, 0.717) is 17.5 Å². The Labute approximate surface area is 178 Å². The van der Waals surface area contributed by atoms with Gasteiger partial charge < -0.3 is 15.3 Å². The molecule has 0 bridgehead atoms. The molecule has 4 nitrogen and oxygen atoms in total. The lowest BCUT2D eigenvalue weighted by Gasteiger charge is -2.32. The minimum absolute atomic E-state index is 0.0468. The van der Waals surface area contributed by atoms with Crippen molar-refractivity contribution in [3.05, 3.63) is 82.5 Å². The smallest absolute Gasteiger partial charge is 0.339 e. The van der Waals surface area contributed by atoms with Gasteiger partial charge >= 0.3 is 5.97 Å². The lowest BCUT2D eigenvalue weighted by atomic mass is 9.73. The maximum absolute atomic E-state index is 12.0. The van der Waals surface area contributed by atoms with Crippen LogP contribution in [-0.2, 0) is 12.8 Å². The van der Waals surface area contributed by atoms with E-state index in [-0.39, 0.29) is 28.9 Å². The molecule has 1 aliphatic carbocycles. The van der Waals surface area contributed by atoms with Crippen LogP contribution in [0, 0.1) is 5.92 Å². The van der Waals surface area contributed by atoms with Crippen molar-refractivity contribution in [1.29, 1.82) is 0 Å². The summed E-state index contributed by atoms with van der Waals surface area (Å²) >= 11 is 0. The average Bonchev–Trinajstić information content (AvgIpc) is 2.68. The number of phenolic OH excluding ortho intramolecular Hbond substituents is 1. The molecule has 4 heteroatoms. The third-order valence-corrected chi connectivity index (χ3v) is 6.08. The number of carbonyl (C=O) groups is 1. The molecule has 0 unspecified atom stereocenters. The van der Waals surface area contributed by atoms with E-state index in [1.807, 2.05) is 50.3 Å². The van der Waals surface area contributed by atoms with E-state index in [4.69, 9.17) is 0 Å². The number of allylic oxidation sites excluding steroid dienone is 3. The molecule has 30 heavy (non-hydrogen) atoms. The highest BCUT2D eigenvalue weighted by atomic mass is 16.4. The SMILES string of the molecule is C=C(C)[C@@H]1CCC(C)=C[C@H]1c1c(O)cc(CCCc2ccccc2)c(C(=O)O)c1O. The van der Waals surface area contributed by atoms with Gasteiger partial charge in [-0.1, -0.05) is 54.1 Å². The van der Waals surface area contributed by atoms with Crippen molar-refractivity contribution in [1.82, 2.24) is 0 Å². The number of hydrogen-bond acceptors (Lipinski definition) is 3. The van der Waals surface area contributed by atoms with Crippen LogP contribution in [0.4, 0.5) is 0 Å². The van der Waals surface area contributed by atoms with Crippen molar-refractivity contribution in [2.24, 2.45) is 5.92 Å². The zero-order chi connectivity index (χ0) is 21.8. The van der Waals surface area contributed by atoms with E-state index in [1.165, 1.54) is 17.2 Å². The number of aryl methyl sites for hydroxylation is 2. The van der Waals surface area contributed by atoms with Gasteiger partial charge in [-0.2, -0.15) is 0 Å². The molecule has 0 radical (unpaired) electrons. The van der Waals surface area contributed by atoms with Crippen molar-refractivity contribution < 1.29 is 20.1 Å². The van der Waals surface area contributed by atoms with Gasteiger partial charge in [0.25, 0.3) is 0 Å². The quantitative estimate of drug-likeness (QED) is 0.494. The highest BCUT2D eigenvalue weighted by Crippen LogP contribution is 2.48. The van der Waals surface area contributed by atoms with Gasteiger partial charge in [0, 0.05) is 11.5 Å². The average molecular weight is 407 g/mol. The fraction of sp³-hybridized carbons (Fsp3) is 0.346. The molecular formula is C26H30O4. The summed E-state index contributed by atoms with van der Waals surface area (Å²) < 4.78 is 0. The molecule has 2 aromatic carbocycles. The van der Waals surface area contributed by atoms with Crippen LogP contribution < -0.4 is 0 Å². The Morgan fingerprint density at radius 1 is 1.17 bits per heavy atom. The maximum Gasteiger partial charge on any atom is 0.339 e. The number of benzene rings is 2. The van der Waals surface area contributed by atoms with E-state index in [9.17, 15) is 20.1 Å². The minimum atomic E-state index is -1.17. The van der Waals surface area contributed by atoms with Crippen LogP contribution in [0.5, 0.6) is 11.5 Å². The Balaban J connectivity index is 1.96. The fourth-order valence-electron chi connectivity index (χ4n) is 4.52. The van der Waals surface area contributed by atoms with Gasteiger partial charge in [-0.15, -0.1) is 0 Å². The summed E-state index contributed by atoms with van der Waals surface area (Å²) in [6.07, 6.45) is 5.80. The number of aromatic carboxylic acids is 1. The fourth-order valence-corrected chi connectivity index (χ4v) is 4.52. The lowest BCUT2D eigenvalue weighted by Crippen LogP contribution is -2.18. The summed E-state index contributed by atoms with van der Waals surface area (Å²) in [7, 11) is 0. The van der Waals surface area contributed by atoms with Crippen molar-refractivity contribution in [2.45, 2.75) is 51.9 Å². The second kappa shape index (κ2) is 9.21. The van der Waals surface area contributed by atoms with Crippen LogP contribution in [0.2, 0.25) is 0 Å². The highest BCUT2D eigenvalue weighted by Gasteiger charge is 2.32. The summed E-state index contributed by atoms with van der Waals surface area (Å²) in [6.45, 7) is 8.03. The molecule has 0 spiro atoms. The van der Waals surface area contributed by atoms with E-state index >= 15 is 0 Å². The third-order valence-electron chi connectivity index (χ3n) is 6.08. The zero-order valence-corrected chi connectivity index (χ0v) is 17.7. The summed E-state index contributed by atoms with van der Waals surface area (Å²) in [4.78, 5) is 12.0. The third kappa shape index (κ3) is 4.59. The lowest BCUT2D eigenvalue weighted by molar-refractivity contribution is 0.0692. The summed E-state index contributed by atoms with van der Waals surface area (Å²) in [5.74, 6) is -1.77. The van der Waals surface area contributed by atoms with Gasteiger partial charge in [0.05, 0.1) is 0 Å². The van der Waals surface area contributed by atoms with Crippen molar-refractivity contribution in [3.63, 3.8) is 0 Å². The molecule has 0 aromatic heterocycles. The van der Waals surface area contributed by atoms with E-state index in [0.717, 1.165) is 31.3 Å². The number of carboxylic acid groups (broad SMARTS) is 1. The second-order valence-electron chi connectivity index (χ2n) is 8.37. The first-order valence-electron chi connectivity index (χ1n) is 10.5. The van der Waals surface area contributed by atoms with Crippen molar-refractivity contribution in [3.8, 4) is 11.5 Å². The first kappa shape index (κ1) is 21.7. The Morgan fingerprint density at radius 2 is 1.87 bits per heavy atom. The molecule has 0 amide bonds. The molecule has 1 aliphatic rings. The number of hydrogen-bond donors (Lipinski definition) is 3. The van der Waals surface area contributed by atoms with Crippen LogP contribution in [0.1, 0.15) is 66.1 Å². The second-order valence-corrected chi connectivity index (χ2v) is 8.37. The van der Waals surface area contributed by atoms with Crippen LogP contribution in [0.3, 0.4) is 0 Å².